The minimum absolute atomic E-state index is 0.152. The fourth-order valence-corrected chi connectivity index (χ4v) is 1.53. The molecule has 0 saturated heterocycles. The molecule has 0 radical (unpaired) electrons. The van der Waals surface area contributed by atoms with Crippen molar-refractivity contribution in [2.24, 2.45) is 11.8 Å². The van der Waals surface area contributed by atoms with Crippen molar-refractivity contribution in [3.05, 3.63) is 0 Å². The third kappa shape index (κ3) is 1.39. The second-order valence-corrected chi connectivity index (χ2v) is 2.86. The molecule has 0 aromatic carbocycles. The third-order valence-electron chi connectivity index (χ3n) is 2.21. The van der Waals surface area contributed by atoms with Gasteiger partial charge in [0.15, 0.2) is 0 Å². The average Bonchev–Trinajstić information content (AvgIpc) is 2.04. The smallest absolute Gasteiger partial charge is 0.124 e. The first kappa shape index (κ1) is 7.34. The van der Waals surface area contributed by atoms with Crippen molar-refractivity contribution in [2.75, 3.05) is 0 Å². The van der Waals surface area contributed by atoms with Crippen molar-refractivity contribution in [2.45, 2.75) is 25.7 Å². The number of aldehydes is 1. The Kier molecular flexibility index (Phi) is 2.50. The van der Waals surface area contributed by atoms with Crippen LogP contribution in [0.25, 0.3) is 0 Å². The van der Waals surface area contributed by atoms with E-state index in [1.165, 1.54) is 12.8 Å². The summed E-state index contributed by atoms with van der Waals surface area (Å²) in [5, 5.41) is 0. The highest BCUT2D eigenvalue weighted by molar-refractivity contribution is 5.55. The van der Waals surface area contributed by atoms with E-state index >= 15 is 0 Å². The van der Waals surface area contributed by atoms with Crippen LogP contribution in [0.15, 0.2) is 0 Å². The van der Waals surface area contributed by atoms with Crippen molar-refractivity contribution < 1.29 is 4.79 Å². The fraction of sp³-hybridized carbons (Fsp3) is 0.667. The van der Waals surface area contributed by atoms with Gasteiger partial charge in [-0.1, -0.05) is 12.8 Å². The highest BCUT2D eigenvalue weighted by Gasteiger charge is 2.22. The third-order valence-corrected chi connectivity index (χ3v) is 2.21. The van der Waals surface area contributed by atoms with E-state index < -0.39 is 0 Å². The topological polar surface area (TPSA) is 17.1 Å². The molecule has 1 aliphatic rings. The molecular formula is C9H12O. The largest absolute Gasteiger partial charge is 0.303 e. The molecule has 0 heterocycles. The van der Waals surface area contributed by atoms with E-state index in [0.29, 0.717) is 0 Å². The molecule has 1 heteroatoms. The van der Waals surface area contributed by atoms with E-state index in [-0.39, 0.29) is 11.8 Å². The molecule has 0 unspecified atom stereocenters. The van der Waals surface area contributed by atoms with Crippen LogP contribution in [0.1, 0.15) is 25.7 Å². The predicted octanol–water partition coefficient (Wildman–Crippen LogP) is 1.62. The zero-order chi connectivity index (χ0) is 7.40. The van der Waals surface area contributed by atoms with Crippen molar-refractivity contribution in [3.63, 3.8) is 0 Å². The number of hydrogen-bond donors (Lipinski definition) is 0. The molecule has 0 aromatic rings. The Morgan fingerprint density at radius 3 is 2.60 bits per heavy atom. The summed E-state index contributed by atoms with van der Waals surface area (Å²) < 4.78 is 0. The number of hydrogen-bond acceptors (Lipinski definition) is 1. The quantitative estimate of drug-likeness (QED) is 0.395. The van der Waals surface area contributed by atoms with Gasteiger partial charge in [-0.05, 0) is 12.8 Å². The molecule has 1 aliphatic carbocycles. The molecule has 1 rings (SSSR count). The van der Waals surface area contributed by atoms with E-state index in [1.54, 1.807) is 0 Å². The van der Waals surface area contributed by atoms with Gasteiger partial charge in [0, 0.05) is 11.8 Å². The lowest BCUT2D eigenvalue weighted by atomic mass is 9.81. The molecule has 0 amide bonds. The van der Waals surface area contributed by atoms with Crippen LogP contribution >= 0.6 is 0 Å². The lowest BCUT2D eigenvalue weighted by Crippen LogP contribution is -2.18. The first-order valence-electron chi connectivity index (χ1n) is 3.80. The SMILES string of the molecule is C#C[C@@H]1CCCC[C@H]1C=O. The van der Waals surface area contributed by atoms with Crippen LogP contribution in [0.4, 0.5) is 0 Å². The second kappa shape index (κ2) is 3.41. The van der Waals surface area contributed by atoms with Crippen LogP contribution in [0, 0.1) is 24.2 Å². The van der Waals surface area contributed by atoms with E-state index in [2.05, 4.69) is 5.92 Å². The van der Waals surface area contributed by atoms with Gasteiger partial charge in [-0.15, -0.1) is 12.3 Å². The van der Waals surface area contributed by atoms with Gasteiger partial charge in [0.25, 0.3) is 0 Å². The Balaban J connectivity index is 2.51. The van der Waals surface area contributed by atoms with Crippen molar-refractivity contribution in [1.29, 1.82) is 0 Å². The molecule has 0 spiro atoms. The Bertz CT molecular complexity index is 155. The Hall–Kier alpha value is -0.770. The lowest BCUT2D eigenvalue weighted by Gasteiger charge is -2.22. The van der Waals surface area contributed by atoms with Gasteiger partial charge in [0.1, 0.15) is 6.29 Å². The maximum Gasteiger partial charge on any atom is 0.124 e. The summed E-state index contributed by atoms with van der Waals surface area (Å²) in [6.07, 6.45) is 10.7. The molecule has 54 valence electrons. The van der Waals surface area contributed by atoms with Crippen molar-refractivity contribution in [3.8, 4) is 12.3 Å². The standard InChI is InChI=1S/C9H12O/c1-2-8-5-3-4-6-9(8)7-10/h1,7-9H,3-6H2/t8-,9+/m1/s1. The predicted molar refractivity (Wildman–Crippen MR) is 40.3 cm³/mol. The summed E-state index contributed by atoms with van der Waals surface area (Å²) >= 11 is 0. The Morgan fingerprint density at radius 1 is 1.40 bits per heavy atom. The van der Waals surface area contributed by atoms with Crippen LogP contribution in [0.2, 0.25) is 0 Å². The number of carbonyl (C=O) groups is 1. The van der Waals surface area contributed by atoms with Crippen molar-refractivity contribution >= 4 is 6.29 Å². The number of rotatable bonds is 1. The van der Waals surface area contributed by atoms with Gasteiger partial charge in [-0.3, -0.25) is 0 Å². The van der Waals surface area contributed by atoms with Gasteiger partial charge >= 0.3 is 0 Å². The molecule has 0 aromatic heterocycles. The molecule has 1 nitrogen and oxygen atoms in total. The summed E-state index contributed by atoms with van der Waals surface area (Å²) in [5.41, 5.74) is 0. The van der Waals surface area contributed by atoms with E-state index in [1.807, 2.05) is 0 Å². The highest BCUT2D eigenvalue weighted by Crippen LogP contribution is 2.27. The van der Waals surface area contributed by atoms with Gasteiger partial charge in [-0.25, -0.2) is 0 Å². The minimum Gasteiger partial charge on any atom is -0.303 e. The van der Waals surface area contributed by atoms with Crippen LogP contribution in [-0.4, -0.2) is 6.29 Å². The van der Waals surface area contributed by atoms with Crippen LogP contribution in [0.3, 0.4) is 0 Å². The molecule has 1 saturated carbocycles. The Labute approximate surface area is 61.8 Å². The summed E-state index contributed by atoms with van der Waals surface area (Å²) in [6.45, 7) is 0. The van der Waals surface area contributed by atoms with Crippen LogP contribution < -0.4 is 0 Å². The number of carbonyl (C=O) groups excluding carboxylic acids is 1. The first-order chi connectivity index (χ1) is 4.88. The Morgan fingerprint density at radius 2 is 2.10 bits per heavy atom. The van der Waals surface area contributed by atoms with Crippen molar-refractivity contribution in [1.82, 2.24) is 0 Å². The normalized spacial score (nSPS) is 32.7. The summed E-state index contributed by atoms with van der Waals surface area (Å²) in [7, 11) is 0. The van der Waals surface area contributed by atoms with Gasteiger partial charge in [0.05, 0.1) is 0 Å². The van der Waals surface area contributed by atoms with Gasteiger partial charge < -0.3 is 4.79 Å². The van der Waals surface area contributed by atoms with Gasteiger partial charge in [0.2, 0.25) is 0 Å². The average molecular weight is 136 g/mol. The molecular weight excluding hydrogens is 124 g/mol. The maximum atomic E-state index is 10.4. The molecule has 1 fully saturated rings. The zero-order valence-corrected chi connectivity index (χ0v) is 6.05. The second-order valence-electron chi connectivity index (χ2n) is 2.86. The first-order valence-corrected chi connectivity index (χ1v) is 3.80. The highest BCUT2D eigenvalue weighted by atomic mass is 16.1. The monoisotopic (exact) mass is 136 g/mol. The number of terminal acetylenes is 1. The summed E-state index contributed by atoms with van der Waals surface area (Å²) in [4.78, 5) is 10.4. The summed E-state index contributed by atoms with van der Waals surface area (Å²) in [6, 6.07) is 0. The summed E-state index contributed by atoms with van der Waals surface area (Å²) in [5.74, 6) is 3.05. The van der Waals surface area contributed by atoms with E-state index in [4.69, 9.17) is 6.42 Å². The lowest BCUT2D eigenvalue weighted by molar-refractivity contribution is -0.112. The molecule has 0 N–H and O–H groups in total. The van der Waals surface area contributed by atoms with E-state index in [0.717, 1.165) is 19.1 Å². The fourth-order valence-electron chi connectivity index (χ4n) is 1.53. The molecule has 0 aliphatic heterocycles. The van der Waals surface area contributed by atoms with Gasteiger partial charge in [-0.2, -0.15) is 0 Å². The minimum atomic E-state index is 0.152. The van der Waals surface area contributed by atoms with Crippen LogP contribution in [0.5, 0.6) is 0 Å². The molecule has 2 atom stereocenters. The molecule has 10 heavy (non-hydrogen) atoms. The van der Waals surface area contributed by atoms with Crippen LogP contribution in [-0.2, 0) is 4.79 Å². The zero-order valence-electron chi connectivity index (χ0n) is 6.05. The van der Waals surface area contributed by atoms with E-state index in [9.17, 15) is 4.79 Å². The maximum absolute atomic E-state index is 10.4. The molecule has 0 bridgehead atoms.